The van der Waals surface area contributed by atoms with Crippen LogP contribution in [-0.4, -0.2) is 18.1 Å². The molecule has 1 heterocycles. The van der Waals surface area contributed by atoms with Crippen LogP contribution in [0.3, 0.4) is 0 Å². The van der Waals surface area contributed by atoms with Crippen molar-refractivity contribution in [2.24, 2.45) is 0 Å². The third kappa shape index (κ3) is 1.82. The van der Waals surface area contributed by atoms with Crippen molar-refractivity contribution in [3.05, 3.63) is 41.3 Å². The second-order valence-electron chi connectivity index (χ2n) is 3.25. The van der Waals surface area contributed by atoms with Gasteiger partial charge in [0.1, 0.15) is 11.2 Å². The van der Waals surface area contributed by atoms with Crippen LogP contribution in [0.15, 0.2) is 18.2 Å². The molecule has 3 nitrogen and oxygen atoms in total. The van der Waals surface area contributed by atoms with Crippen LogP contribution in [-0.2, 0) is 4.74 Å². The summed E-state index contributed by atoms with van der Waals surface area (Å²) in [7, 11) is 1.13. The lowest BCUT2D eigenvalue weighted by atomic mass is 10.2. The first kappa shape index (κ1) is 11.4. The Morgan fingerprint density at radius 3 is 2.59 bits per heavy atom. The number of halogens is 3. The van der Waals surface area contributed by atoms with Gasteiger partial charge >= 0.3 is 5.97 Å². The van der Waals surface area contributed by atoms with Gasteiger partial charge in [0.05, 0.1) is 7.11 Å². The number of benzene rings is 1. The minimum Gasteiger partial charge on any atom is -0.464 e. The number of carbonyl (C=O) groups is 1. The summed E-state index contributed by atoms with van der Waals surface area (Å²) >= 11 is 0. The summed E-state index contributed by atoms with van der Waals surface area (Å²) in [5.41, 5.74) is -0.586. The van der Waals surface area contributed by atoms with Gasteiger partial charge < -0.3 is 4.74 Å². The molecule has 0 N–H and O–H groups in total. The molecule has 0 amide bonds. The van der Waals surface area contributed by atoms with Crippen molar-refractivity contribution in [2.75, 3.05) is 7.11 Å². The Morgan fingerprint density at radius 2 is 1.94 bits per heavy atom. The fourth-order valence-electron chi connectivity index (χ4n) is 1.39. The molecule has 0 fully saturated rings. The van der Waals surface area contributed by atoms with Gasteiger partial charge in [-0.15, -0.1) is 0 Å². The summed E-state index contributed by atoms with van der Waals surface area (Å²) in [6.45, 7) is 0. The molecule has 1 aromatic carbocycles. The number of aromatic nitrogens is 1. The fourth-order valence-corrected chi connectivity index (χ4v) is 1.39. The summed E-state index contributed by atoms with van der Waals surface area (Å²) in [6, 6.07) is 3.31. The van der Waals surface area contributed by atoms with Crippen molar-refractivity contribution in [1.29, 1.82) is 0 Å². The molecule has 2 aromatic rings. The quantitative estimate of drug-likeness (QED) is 0.568. The van der Waals surface area contributed by atoms with Crippen LogP contribution < -0.4 is 0 Å². The third-order valence-electron chi connectivity index (χ3n) is 2.21. The van der Waals surface area contributed by atoms with Gasteiger partial charge in [-0.25, -0.2) is 22.9 Å². The molecule has 0 saturated heterocycles. The van der Waals surface area contributed by atoms with E-state index in [-0.39, 0.29) is 11.1 Å². The average Bonchev–Trinajstić information content (AvgIpc) is 2.35. The van der Waals surface area contributed by atoms with Crippen molar-refractivity contribution < 1.29 is 22.7 Å². The predicted molar refractivity (Wildman–Crippen MR) is 53.0 cm³/mol. The maximum atomic E-state index is 13.4. The second kappa shape index (κ2) is 4.04. The molecular formula is C11H6F3NO2. The lowest BCUT2D eigenvalue weighted by molar-refractivity contribution is 0.0594. The number of carbonyl (C=O) groups excluding carboxylic acids is 1. The first-order valence-corrected chi connectivity index (χ1v) is 4.57. The van der Waals surface area contributed by atoms with Gasteiger partial charge in [0.2, 0.25) is 0 Å². The highest BCUT2D eigenvalue weighted by molar-refractivity contribution is 5.91. The molecule has 17 heavy (non-hydrogen) atoms. The molecule has 0 aliphatic carbocycles. The van der Waals surface area contributed by atoms with Crippen molar-refractivity contribution in [3.8, 4) is 0 Å². The summed E-state index contributed by atoms with van der Waals surface area (Å²) in [4.78, 5) is 14.7. The van der Waals surface area contributed by atoms with E-state index in [2.05, 4.69) is 9.72 Å². The molecule has 0 saturated carbocycles. The van der Waals surface area contributed by atoms with E-state index in [1.807, 2.05) is 0 Å². The largest absolute Gasteiger partial charge is 0.464 e. The van der Waals surface area contributed by atoms with Crippen molar-refractivity contribution in [2.45, 2.75) is 0 Å². The number of esters is 1. The van der Waals surface area contributed by atoms with E-state index < -0.39 is 28.9 Å². The minimum absolute atomic E-state index is 0.0639. The monoisotopic (exact) mass is 241 g/mol. The van der Waals surface area contributed by atoms with Crippen LogP contribution in [0.4, 0.5) is 13.2 Å². The Kier molecular flexibility index (Phi) is 2.71. The van der Waals surface area contributed by atoms with E-state index >= 15 is 0 Å². The molecule has 2 rings (SSSR count). The average molecular weight is 241 g/mol. The zero-order valence-electron chi connectivity index (χ0n) is 8.63. The molecule has 0 unspecified atom stereocenters. The number of hydrogen-bond acceptors (Lipinski definition) is 3. The van der Waals surface area contributed by atoms with Crippen molar-refractivity contribution >= 4 is 16.9 Å². The van der Waals surface area contributed by atoms with E-state index in [1.54, 1.807) is 0 Å². The molecule has 0 spiro atoms. The molecule has 0 aliphatic heterocycles. The second-order valence-corrected chi connectivity index (χ2v) is 3.25. The van der Waals surface area contributed by atoms with Crippen molar-refractivity contribution in [3.63, 3.8) is 0 Å². The molecule has 1 aromatic heterocycles. The summed E-state index contributed by atoms with van der Waals surface area (Å²) in [6.07, 6.45) is 0. The summed E-state index contributed by atoms with van der Waals surface area (Å²) < 4.78 is 43.6. The number of pyridine rings is 1. The Bertz CT molecular complexity index is 613. The Hall–Kier alpha value is -2.11. The number of hydrogen-bond donors (Lipinski definition) is 0. The molecular weight excluding hydrogens is 235 g/mol. The lowest BCUT2D eigenvalue weighted by Crippen LogP contribution is -2.05. The zero-order chi connectivity index (χ0) is 12.6. The van der Waals surface area contributed by atoms with E-state index in [1.165, 1.54) is 12.1 Å². The van der Waals surface area contributed by atoms with Gasteiger partial charge in [0, 0.05) is 5.39 Å². The number of fused-ring (bicyclic) bond motifs is 1. The molecule has 88 valence electrons. The van der Waals surface area contributed by atoms with Gasteiger partial charge in [0.15, 0.2) is 17.5 Å². The standard InChI is InChI=1S/C11H6F3NO2/c1-17-11(16)7-3-2-5-4-6(12)8(13)9(14)10(5)15-7/h2-4H,1H3. The summed E-state index contributed by atoms with van der Waals surface area (Å²) in [5, 5.41) is 0.0639. The van der Waals surface area contributed by atoms with Crippen LogP contribution >= 0.6 is 0 Å². The Morgan fingerprint density at radius 1 is 1.24 bits per heavy atom. The Balaban J connectivity index is 2.73. The van der Waals surface area contributed by atoms with Crippen molar-refractivity contribution in [1.82, 2.24) is 4.98 Å². The topological polar surface area (TPSA) is 39.2 Å². The number of rotatable bonds is 1. The van der Waals surface area contributed by atoms with Crippen LogP contribution in [0.2, 0.25) is 0 Å². The van der Waals surface area contributed by atoms with Crippen LogP contribution in [0, 0.1) is 17.5 Å². The Labute approximate surface area is 93.8 Å². The van der Waals surface area contributed by atoms with Crippen LogP contribution in [0.1, 0.15) is 10.5 Å². The van der Waals surface area contributed by atoms with E-state index in [9.17, 15) is 18.0 Å². The van der Waals surface area contributed by atoms with Gasteiger partial charge in [-0.2, -0.15) is 0 Å². The van der Waals surface area contributed by atoms with Crippen LogP contribution in [0.5, 0.6) is 0 Å². The maximum Gasteiger partial charge on any atom is 0.356 e. The van der Waals surface area contributed by atoms with E-state index in [4.69, 9.17) is 0 Å². The molecule has 0 atom stereocenters. The van der Waals surface area contributed by atoms with Gasteiger partial charge in [-0.05, 0) is 12.1 Å². The van der Waals surface area contributed by atoms with E-state index in [0.717, 1.165) is 13.2 Å². The number of nitrogens with zero attached hydrogens (tertiary/aromatic N) is 1. The molecule has 6 heteroatoms. The molecule has 0 bridgehead atoms. The van der Waals surface area contributed by atoms with Gasteiger partial charge in [-0.1, -0.05) is 6.07 Å². The lowest BCUT2D eigenvalue weighted by Gasteiger charge is -2.03. The van der Waals surface area contributed by atoms with E-state index in [0.29, 0.717) is 0 Å². The summed E-state index contributed by atoms with van der Waals surface area (Å²) in [5.74, 6) is -5.13. The molecule has 0 radical (unpaired) electrons. The fraction of sp³-hybridized carbons (Fsp3) is 0.0909. The first-order valence-electron chi connectivity index (χ1n) is 4.57. The van der Waals surface area contributed by atoms with Gasteiger partial charge in [0.25, 0.3) is 0 Å². The zero-order valence-corrected chi connectivity index (χ0v) is 8.63. The minimum atomic E-state index is -1.62. The molecule has 0 aliphatic rings. The number of ether oxygens (including phenoxy) is 1. The normalized spacial score (nSPS) is 10.6. The first-order chi connectivity index (χ1) is 8.04. The SMILES string of the molecule is COC(=O)c1ccc2cc(F)c(F)c(F)c2n1. The highest BCUT2D eigenvalue weighted by Gasteiger charge is 2.16. The van der Waals surface area contributed by atoms with Crippen LogP contribution in [0.25, 0.3) is 10.9 Å². The highest BCUT2D eigenvalue weighted by atomic mass is 19.2. The maximum absolute atomic E-state index is 13.4. The smallest absolute Gasteiger partial charge is 0.356 e. The number of methoxy groups -OCH3 is 1. The predicted octanol–water partition coefficient (Wildman–Crippen LogP) is 2.44. The third-order valence-corrected chi connectivity index (χ3v) is 2.21. The van der Waals surface area contributed by atoms with Gasteiger partial charge in [-0.3, -0.25) is 0 Å². The highest BCUT2D eigenvalue weighted by Crippen LogP contribution is 2.21.